The molecular formula is C14H14F3NO3. The molecule has 1 rings (SSSR count). The van der Waals surface area contributed by atoms with Crippen LogP contribution in [0.25, 0.3) is 0 Å². The Bertz CT molecular complexity index is 541. The van der Waals surface area contributed by atoms with Gasteiger partial charge in [0, 0.05) is 6.54 Å². The maximum absolute atomic E-state index is 12.4. The number of carbonyl (C=O) groups is 2. The molecule has 1 amide bonds. The number of amides is 1. The van der Waals surface area contributed by atoms with Crippen LogP contribution < -0.4 is 0 Å². The molecule has 0 saturated carbocycles. The van der Waals surface area contributed by atoms with E-state index < -0.39 is 24.6 Å². The molecule has 0 spiro atoms. The number of nitrogens with zero attached hydrogens (tertiary/aromatic N) is 1. The van der Waals surface area contributed by atoms with Crippen LogP contribution in [-0.2, 0) is 11.2 Å². The fourth-order valence-corrected chi connectivity index (χ4v) is 1.73. The van der Waals surface area contributed by atoms with E-state index in [2.05, 4.69) is 6.58 Å². The van der Waals surface area contributed by atoms with Crippen molar-refractivity contribution in [2.24, 2.45) is 0 Å². The number of benzene rings is 1. The average Bonchev–Trinajstić information content (AvgIpc) is 2.37. The van der Waals surface area contributed by atoms with E-state index in [0.717, 1.165) is 0 Å². The molecule has 0 heterocycles. The predicted molar refractivity (Wildman–Crippen MR) is 69.9 cm³/mol. The van der Waals surface area contributed by atoms with Crippen molar-refractivity contribution in [3.05, 3.63) is 48.0 Å². The largest absolute Gasteiger partial charge is 0.478 e. The van der Waals surface area contributed by atoms with Gasteiger partial charge < -0.3 is 10.0 Å². The van der Waals surface area contributed by atoms with Crippen LogP contribution in [-0.4, -0.2) is 41.1 Å². The summed E-state index contributed by atoms with van der Waals surface area (Å²) in [5, 5.41) is 8.83. The number of hydrogen-bond donors (Lipinski definition) is 1. The molecule has 0 bridgehead atoms. The minimum Gasteiger partial charge on any atom is -0.478 e. The van der Waals surface area contributed by atoms with Crippen LogP contribution in [0.4, 0.5) is 13.2 Å². The van der Waals surface area contributed by atoms with Crippen LogP contribution in [0, 0.1) is 0 Å². The van der Waals surface area contributed by atoms with E-state index in [4.69, 9.17) is 5.11 Å². The number of carboxylic acids is 1. The average molecular weight is 301 g/mol. The van der Waals surface area contributed by atoms with Crippen molar-refractivity contribution in [2.45, 2.75) is 12.6 Å². The highest BCUT2D eigenvalue weighted by Gasteiger charge is 2.32. The molecule has 1 aromatic rings. The van der Waals surface area contributed by atoms with Gasteiger partial charge >= 0.3 is 12.1 Å². The SMILES string of the molecule is C=CCN(CC(F)(F)F)C(=O)Cc1cccc(C(=O)O)c1. The Morgan fingerprint density at radius 3 is 2.52 bits per heavy atom. The summed E-state index contributed by atoms with van der Waals surface area (Å²) in [6.07, 6.45) is -3.59. The molecule has 1 aromatic carbocycles. The number of carboxylic acid groups (broad SMARTS) is 1. The summed E-state index contributed by atoms with van der Waals surface area (Å²) in [5.74, 6) is -1.91. The fraction of sp³-hybridized carbons (Fsp3) is 0.286. The van der Waals surface area contributed by atoms with Gasteiger partial charge in [0.05, 0.1) is 12.0 Å². The Kier molecular flexibility index (Phi) is 5.52. The molecule has 1 N–H and O–H groups in total. The molecule has 0 aromatic heterocycles. The molecule has 0 unspecified atom stereocenters. The zero-order valence-corrected chi connectivity index (χ0v) is 11.1. The first kappa shape index (κ1) is 16.7. The second kappa shape index (κ2) is 6.92. The van der Waals surface area contributed by atoms with E-state index in [9.17, 15) is 22.8 Å². The van der Waals surface area contributed by atoms with E-state index >= 15 is 0 Å². The molecule has 0 aliphatic rings. The Morgan fingerprint density at radius 2 is 2.00 bits per heavy atom. The van der Waals surface area contributed by atoms with Crippen LogP contribution in [0.1, 0.15) is 15.9 Å². The van der Waals surface area contributed by atoms with Crippen LogP contribution in [0.15, 0.2) is 36.9 Å². The highest BCUT2D eigenvalue weighted by Crippen LogP contribution is 2.17. The lowest BCUT2D eigenvalue weighted by atomic mass is 10.1. The molecule has 7 heteroatoms. The Morgan fingerprint density at radius 1 is 1.33 bits per heavy atom. The maximum atomic E-state index is 12.4. The van der Waals surface area contributed by atoms with Crippen molar-refractivity contribution >= 4 is 11.9 Å². The smallest absolute Gasteiger partial charge is 0.406 e. The Labute approximate surface area is 119 Å². The number of halogens is 3. The predicted octanol–water partition coefficient (Wildman–Crippen LogP) is 2.50. The second-order valence-electron chi connectivity index (χ2n) is 4.36. The number of carbonyl (C=O) groups excluding carboxylic acids is 1. The lowest BCUT2D eigenvalue weighted by Gasteiger charge is -2.22. The Hall–Kier alpha value is -2.31. The van der Waals surface area contributed by atoms with Crippen molar-refractivity contribution < 1.29 is 27.9 Å². The van der Waals surface area contributed by atoms with Gasteiger partial charge in [-0.15, -0.1) is 6.58 Å². The van der Waals surface area contributed by atoms with Crippen molar-refractivity contribution in [3.8, 4) is 0 Å². The molecule has 0 atom stereocenters. The summed E-state index contributed by atoms with van der Waals surface area (Å²) in [7, 11) is 0. The lowest BCUT2D eigenvalue weighted by Crippen LogP contribution is -2.39. The maximum Gasteiger partial charge on any atom is 0.406 e. The minimum absolute atomic E-state index is 0.0219. The fourth-order valence-electron chi connectivity index (χ4n) is 1.73. The molecule has 21 heavy (non-hydrogen) atoms. The van der Waals surface area contributed by atoms with Gasteiger partial charge in [-0.25, -0.2) is 4.79 Å². The first-order chi connectivity index (χ1) is 9.73. The molecular weight excluding hydrogens is 287 g/mol. The molecule has 114 valence electrons. The third kappa shape index (κ3) is 5.68. The Balaban J connectivity index is 2.83. The zero-order chi connectivity index (χ0) is 16.0. The number of aromatic carboxylic acids is 1. The second-order valence-corrected chi connectivity index (χ2v) is 4.36. The molecule has 0 aliphatic carbocycles. The molecule has 0 fully saturated rings. The van der Waals surface area contributed by atoms with Crippen molar-refractivity contribution in [3.63, 3.8) is 0 Å². The van der Waals surface area contributed by atoms with E-state index in [1.165, 1.54) is 30.3 Å². The van der Waals surface area contributed by atoms with Gasteiger partial charge in [-0.1, -0.05) is 18.2 Å². The van der Waals surface area contributed by atoms with Crippen LogP contribution in [0.2, 0.25) is 0 Å². The first-order valence-electron chi connectivity index (χ1n) is 6.00. The lowest BCUT2D eigenvalue weighted by molar-refractivity contribution is -0.159. The van der Waals surface area contributed by atoms with Crippen LogP contribution in [0.5, 0.6) is 0 Å². The van der Waals surface area contributed by atoms with Gasteiger partial charge in [-0.2, -0.15) is 13.2 Å². The van der Waals surface area contributed by atoms with Gasteiger partial charge in [0.1, 0.15) is 6.54 Å². The van der Waals surface area contributed by atoms with Crippen molar-refractivity contribution in [1.29, 1.82) is 0 Å². The highest BCUT2D eigenvalue weighted by atomic mass is 19.4. The standard InChI is InChI=1S/C14H14F3NO3/c1-2-6-18(9-14(15,16)17)12(19)8-10-4-3-5-11(7-10)13(20)21/h2-5,7H,1,6,8-9H2,(H,20,21). The van der Waals surface area contributed by atoms with Gasteiger partial charge in [0.2, 0.25) is 5.91 Å². The molecule has 0 radical (unpaired) electrons. The molecule has 0 aliphatic heterocycles. The number of hydrogen-bond acceptors (Lipinski definition) is 2. The zero-order valence-electron chi connectivity index (χ0n) is 11.1. The summed E-state index contributed by atoms with van der Waals surface area (Å²) >= 11 is 0. The van der Waals surface area contributed by atoms with E-state index in [1.807, 2.05) is 0 Å². The third-order valence-electron chi connectivity index (χ3n) is 2.60. The first-order valence-corrected chi connectivity index (χ1v) is 6.00. The number of rotatable bonds is 6. The van der Waals surface area contributed by atoms with Gasteiger partial charge in [-0.05, 0) is 17.7 Å². The summed E-state index contributed by atoms with van der Waals surface area (Å²) in [4.78, 5) is 23.3. The topological polar surface area (TPSA) is 57.6 Å². The quantitative estimate of drug-likeness (QED) is 0.821. The third-order valence-corrected chi connectivity index (χ3v) is 2.60. The minimum atomic E-state index is -4.50. The summed E-state index contributed by atoms with van der Waals surface area (Å²) in [6.45, 7) is 1.73. The van der Waals surface area contributed by atoms with Crippen LogP contribution in [0.3, 0.4) is 0 Å². The van der Waals surface area contributed by atoms with Crippen molar-refractivity contribution in [1.82, 2.24) is 4.90 Å². The van der Waals surface area contributed by atoms with Gasteiger partial charge in [0.15, 0.2) is 0 Å². The highest BCUT2D eigenvalue weighted by molar-refractivity contribution is 5.88. The normalized spacial score (nSPS) is 11.0. The summed E-state index contributed by atoms with van der Waals surface area (Å²) < 4.78 is 37.2. The van der Waals surface area contributed by atoms with E-state index in [-0.39, 0.29) is 18.5 Å². The van der Waals surface area contributed by atoms with Crippen molar-refractivity contribution in [2.75, 3.05) is 13.1 Å². The summed E-state index contributed by atoms with van der Waals surface area (Å²) in [5.41, 5.74) is 0.322. The van der Waals surface area contributed by atoms with Crippen LogP contribution >= 0.6 is 0 Å². The van der Waals surface area contributed by atoms with Gasteiger partial charge in [0.25, 0.3) is 0 Å². The molecule has 0 saturated heterocycles. The molecule has 4 nitrogen and oxygen atoms in total. The van der Waals surface area contributed by atoms with Gasteiger partial charge in [-0.3, -0.25) is 4.79 Å². The monoisotopic (exact) mass is 301 g/mol. The van der Waals surface area contributed by atoms with E-state index in [1.54, 1.807) is 0 Å². The van der Waals surface area contributed by atoms with E-state index in [0.29, 0.717) is 10.5 Å². The number of alkyl halides is 3. The summed E-state index contributed by atoms with van der Waals surface area (Å²) in [6, 6.07) is 5.53.